The van der Waals surface area contributed by atoms with E-state index in [-0.39, 0.29) is 17.5 Å². The van der Waals surface area contributed by atoms with Crippen LogP contribution in [-0.4, -0.2) is 31.6 Å². The predicted molar refractivity (Wildman–Crippen MR) is 71.3 cm³/mol. The van der Waals surface area contributed by atoms with Gasteiger partial charge in [0.05, 0.1) is 0 Å². The molecule has 1 atom stereocenters. The third-order valence-electron chi connectivity index (χ3n) is 3.52. The van der Waals surface area contributed by atoms with Crippen LogP contribution in [-0.2, 0) is 19.1 Å². The maximum Gasteiger partial charge on any atom is 0.434 e. The lowest BCUT2D eigenvalue weighted by atomic mass is 9.99. The average Bonchev–Trinajstić information content (AvgIpc) is 3.12. The lowest BCUT2D eigenvalue weighted by molar-refractivity contribution is -0.141. The Morgan fingerprint density at radius 3 is 3.00 bits per heavy atom. The molecular formula is C12H12F3N5OS. The quantitative estimate of drug-likeness (QED) is 0.930. The molecule has 22 heavy (non-hydrogen) atoms. The van der Waals surface area contributed by atoms with E-state index in [4.69, 9.17) is 0 Å². The fourth-order valence-electron chi connectivity index (χ4n) is 2.41. The molecule has 0 saturated carbocycles. The zero-order valence-corrected chi connectivity index (χ0v) is 12.1. The number of hydrogen-bond donors (Lipinski definition) is 1. The minimum atomic E-state index is -4.42. The van der Waals surface area contributed by atoms with Crippen LogP contribution in [0, 0.1) is 5.92 Å². The van der Waals surface area contributed by atoms with Crippen LogP contribution in [0.4, 0.5) is 13.2 Å². The van der Waals surface area contributed by atoms with Gasteiger partial charge in [-0.2, -0.15) is 13.2 Å². The minimum absolute atomic E-state index is 0.0679. The predicted octanol–water partition coefficient (Wildman–Crippen LogP) is 1.75. The first kappa shape index (κ1) is 14.9. The van der Waals surface area contributed by atoms with Crippen LogP contribution in [0.2, 0.25) is 0 Å². The maximum atomic E-state index is 12.6. The van der Waals surface area contributed by atoms with Gasteiger partial charge in [0.15, 0.2) is 11.4 Å². The van der Waals surface area contributed by atoms with Gasteiger partial charge < -0.3 is 9.88 Å². The molecule has 1 unspecified atom stereocenters. The Kier molecular flexibility index (Phi) is 3.85. The normalized spacial score (nSPS) is 18.0. The molecule has 6 nitrogen and oxygen atoms in total. The summed E-state index contributed by atoms with van der Waals surface area (Å²) < 4.78 is 43.0. The second-order valence-electron chi connectivity index (χ2n) is 5.10. The Morgan fingerprint density at radius 2 is 2.32 bits per heavy atom. The first-order valence-electron chi connectivity index (χ1n) is 6.62. The topological polar surface area (TPSA) is 72.7 Å². The van der Waals surface area contributed by atoms with Gasteiger partial charge in [-0.15, -0.1) is 5.10 Å². The number of aromatic nitrogens is 4. The van der Waals surface area contributed by atoms with Crippen molar-refractivity contribution in [3.63, 3.8) is 0 Å². The molecule has 118 valence electrons. The Bertz CT molecular complexity index is 667. The van der Waals surface area contributed by atoms with Gasteiger partial charge in [0, 0.05) is 31.1 Å². The molecule has 0 aromatic carbocycles. The molecule has 1 amide bonds. The molecule has 0 saturated heterocycles. The number of aryl methyl sites for hydroxylation is 1. The van der Waals surface area contributed by atoms with E-state index in [1.54, 1.807) is 5.38 Å². The number of fused-ring (bicyclic) bond motifs is 1. The molecule has 10 heteroatoms. The molecule has 0 aliphatic carbocycles. The number of halogens is 3. The van der Waals surface area contributed by atoms with Crippen molar-refractivity contribution in [3.8, 4) is 0 Å². The molecule has 0 bridgehead atoms. The standard InChI is InChI=1S/C12H12F3N5OS/c13-12(14,15)9-5-20-4-7(1-2-10(20)17-9)3-16-11(21)8-6-22-19-18-8/h5-7H,1-4H2,(H,16,21). The van der Waals surface area contributed by atoms with Crippen LogP contribution in [0.25, 0.3) is 0 Å². The van der Waals surface area contributed by atoms with Crippen molar-refractivity contribution < 1.29 is 18.0 Å². The third-order valence-corrected chi connectivity index (χ3v) is 4.03. The van der Waals surface area contributed by atoms with Crippen molar-refractivity contribution >= 4 is 17.4 Å². The molecule has 0 radical (unpaired) electrons. The minimum Gasteiger partial charge on any atom is -0.350 e. The molecule has 1 aliphatic heterocycles. The van der Waals surface area contributed by atoms with Gasteiger partial charge in [0.2, 0.25) is 0 Å². The maximum absolute atomic E-state index is 12.6. The zero-order chi connectivity index (χ0) is 15.7. The first-order chi connectivity index (χ1) is 10.4. The van der Waals surface area contributed by atoms with Gasteiger partial charge in [0.1, 0.15) is 5.82 Å². The first-order valence-corrected chi connectivity index (χ1v) is 7.45. The number of carbonyl (C=O) groups is 1. The van der Waals surface area contributed by atoms with Crippen LogP contribution >= 0.6 is 11.5 Å². The van der Waals surface area contributed by atoms with E-state index >= 15 is 0 Å². The van der Waals surface area contributed by atoms with E-state index in [0.717, 1.165) is 17.7 Å². The van der Waals surface area contributed by atoms with Crippen LogP contribution in [0.5, 0.6) is 0 Å². The Morgan fingerprint density at radius 1 is 1.50 bits per heavy atom. The van der Waals surface area contributed by atoms with Gasteiger partial charge in [-0.1, -0.05) is 4.49 Å². The van der Waals surface area contributed by atoms with E-state index in [1.807, 2.05) is 0 Å². The molecule has 1 N–H and O–H groups in total. The Labute approximate surface area is 127 Å². The van der Waals surface area contributed by atoms with Crippen molar-refractivity contribution in [2.24, 2.45) is 5.92 Å². The lowest BCUT2D eigenvalue weighted by Gasteiger charge is -2.23. The van der Waals surface area contributed by atoms with Gasteiger partial charge >= 0.3 is 6.18 Å². The van der Waals surface area contributed by atoms with E-state index in [9.17, 15) is 18.0 Å². The van der Waals surface area contributed by atoms with Gasteiger partial charge in [0.25, 0.3) is 5.91 Å². The summed E-state index contributed by atoms with van der Waals surface area (Å²) >= 11 is 1.08. The molecule has 2 aromatic rings. The average molecular weight is 331 g/mol. The summed E-state index contributed by atoms with van der Waals surface area (Å²) in [5.74, 6) is 0.193. The van der Waals surface area contributed by atoms with Crippen molar-refractivity contribution in [1.82, 2.24) is 24.5 Å². The molecule has 2 aromatic heterocycles. The summed E-state index contributed by atoms with van der Waals surface area (Å²) in [6, 6.07) is 0. The number of nitrogens with one attached hydrogen (secondary N) is 1. The molecular weight excluding hydrogens is 319 g/mol. The van der Waals surface area contributed by atoms with E-state index in [0.29, 0.717) is 31.8 Å². The highest BCUT2D eigenvalue weighted by molar-refractivity contribution is 7.03. The van der Waals surface area contributed by atoms with Crippen molar-refractivity contribution in [2.75, 3.05) is 6.54 Å². The Balaban J connectivity index is 1.60. The van der Waals surface area contributed by atoms with Crippen molar-refractivity contribution in [3.05, 3.63) is 28.8 Å². The van der Waals surface area contributed by atoms with Crippen LogP contribution in [0.15, 0.2) is 11.6 Å². The van der Waals surface area contributed by atoms with Gasteiger partial charge in [-0.25, -0.2) is 4.98 Å². The van der Waals surface area contributed by atoms with Crippen LogP contribution in [0.1, 0.15) is 28.4 Å². The largest absolute Gasteiger partial charge is 0.434 e. The molecule has 0 spiro atoms. The van der Waals surface area contributed by atoms with E-state index < -0.39 is 11.9 Å². The molecule has 0 fully saturated rings. The second-order valence-corrected chi connectivity index (χ2v) is 5.71. The molecule has 3 rings (SSSR count). The number of imidazole rings is 1. The summed E-state index contributed by atoms with van der Waals surface area (Å²) in [5, 5.41) is 7.94. The third kappa shape index (κ3) is 3.11. The summed E-state index contributed by atoms with van der Waals surface area (Å²) in [4.78, 5) is 15.4. The fourth-order valence-corrected chi connectivity index (χ4v) is 2.85. The zero-order valence-electron chi connectivity index (χ0n) is 11.3. The molecule has 1 aliphatic rings. The number of alkyl halides is 3. The fraction of sp³-hybridized carbons (Fsp3) is 0.500. The molecule has 3 heterocycles. The second kappa shape index (κ2) is 5.67. The number of amides is 1. The summed E-state index contributed by atoms with van der Waals surface area (Å²) in [7, 11) is 0. The lowest BCUT2D eigenvalue weighted by Crippen LogP contribution is -2.33. The van der Waals surface area contributed by atoms with Crippen LogP contribution in [0.3, 0.4) is 0 Å². The summed E-state index contributed by atoms with van der Waals surface area (Å²) in [5.41, 5.74) is -0.607. The monoisotopic (exact) mass is 331 g/mol. The summed E-state index contributed by atoms with van der Waals surface area (Å²) in [6.07, 6.45) is -2.24. The summed E-state index contributed by atoms with van der Waals surface area (Å²) in [6.45, 7) is 0.795. The van der Waals surface area contributed by atoms with Crippen molar-refractivity contribution in [2.45, 2.75) is 25.6 Å². The smallest absolute Gasteiger partial charge is 0.350 e. The SMILES string of the molecule is O=C(NCC1CCc2nc(C(F)(F)F)cn2C1)c1csnn1. The van der Waals surface area contributed by atoms with E-state index in [2.05, 4.69) is 19.9 Å². The number of hydrogen-bond acceptors (Lipinski definition) is 5. The number of rotatable bonds is 3. The number of carbonyl (C=O) groups excluding carboxylic acids is 1. The highest BCUT2D eigenvalue weighted by Crippen LogP contribution is 2.30. The van der Waals surface area contributed by atoms with Gasteiger partial charge in [-0.3, -0.25) is 4.79 Å². The number of nitrogens with zero attached hydrogens (tertiary/aromatic N) is 4. The Hall–Kier alpha value is -1.97. The van der Waals surface area contributed by atoms with E-state index in [1.165, 1.54) is 4.57 Å². The van der Waals surface area contributed by atoms with Crippen LogP contribution < -0.4 is 5.32 Å². The van der Waals surface area contributed by atoms with Crippen molar-refractivity contribution in [1.29, 1.82) is 0 Å². The highest BCUT2D eigenvalue weighted by atomic mass is 32.1. The highest BCUT2D eigenvalue weighted by Gasteiger charge is 2.35. The van der Waals surface area contributed by atoms with Gasteiger partial charge in [-0.05, 0) is 23.9 Å².